The van der Waals surface area contributed by atoms with Gasteiger partial charge in [0.1, 0.15) is 0 Å². The molecule has 0 aromatic carbocycles. The fraction of sp³-hybridized carbons (Fsp3) is 1.00. The molecule has 0 radical (unpaired) electrons. The Kier molecular flexibility index (Phi) is 8.86. The van der Waals surface area contributed by atoms with E-state index < -0.39 is 17.3 Å². The highest BCUT2D eigenvalue weighted by Crippen LogP contribution is 2.48. The van der Waals surface area contributed by atoms with Gasteiger partial charge in [-0.3, -0.25) is 14.7 Å². The fourth-order valence-electron chi connectivity index (χ4n) is 5.53. The molecule has 1 unspecified atom stereocenters. The Hall–Kier alpha value is -0.340. The van der Waals surface area contributed by atoms with Gasteiger partial charge in [-0.1, -0.05) is 13.8 Å². The van der Waals surface area contributed by atoms with Crippen molar-refractivity contribution in [3.8, 4) is 0 Å². The number of alkyl halides is 2. The maximum atomic E-state index is 15.1. The van der Waals surface area contributed by atoms with Gasteiger partial charge in [-0.2, -0.15) is 0 Å². The predicted molar refractivity (Wildman–Crippen MR) is 114 cm³/mol. The van der Waals surface area contributed by atoms with Crippen molar-refractivity contribution < 1.29 is 18.3 Å². The Morgan fingerprint density at radius 3 is 1.93 bits per heavy atom. The molecule has 2 heterocycles. The summed E-state index contributed by atoms with van der Waals surface area (Å²) >= 11 is 0. The standard InChI is InChI=1S/C22H43F2N3O2/c1-20(2,19-7-8-26(14-16-29-6)18-22(19,23)24)17-21(3,4)27-11-9-25(10-12-27)13-15-28-5/h19H,7-18H2,1-6H3. The van der Waals surface area contributed by atoms with Gasteiger partial charge in [-0.25, -0.2) is 8.78 Å². The summed E-state index contributed by atoms with van der Waals surface area (Å²) < 4.78 is 40.5. The third kappa shape index (κ3) is 6.82. The van der Waals surface area contributed by atoms with Gasteiger partial charge >= 0.3 is 0 Å². The molecule has 2 fully saturated rings. The SMILES string of the molecule is COCCN1CCN(C(C)(C)CC(C)(C)C2CCN(CCOC)CC2(F)F)CC1. The van der Waals surface area contributed by atoms with Crippen molar-refractivity contribution in [2.45, 2.75) is 52.0 Å². The van der Waals surface area contributed by atoms with Crippen LogP contribution in [0.2, 0.25) is 0 Å². The van der Waals surface area contributed by atoms with E-state index in [1.54, 1.807) is 14.2 Å². The second-order valence-electron chi connectivity index (χ2n) is 10.2. The Bertz CT molecular complexity index is 494. The van der Waals surface area contributed by atoms with Crippen molar-refractivity contribution in [2.75, 3.05) is 79.8 Å². The molecule has 0 amide bonds. The lowest BCUT2D eigenvalue weighted by Gasteiger charge is -2.51. The minimum atomic E-state index is -2.66. The summed E-state index contributed by atoms with van der Waals surface area (Å²) in [5, 5.41) is 0. The van der Waals surface area contributed by atoms with E-state index in [-0.39, 0.29) is 12.1 Å². The summed E-state index contributed by atoms with van der Waals surface area (Å²) in [6.45, 7) is 15.9. The number of piperidine rings is 1. The van der Waals surface area contributed by atoms with Gasteiger partial charge in [0.2, 0.25) is 0 Å². The van der Waals surface area contributed by atoms with Crippen LogP contribution >= 0.6 is 0 Å². The lowest BCUT2D eigenvalue weighted by molar-refractivity contribution is -0.156. The van der Waals surface area contributed by atoms with Crippen LogP contribution in [-0.4, -0.2) is 106 Å². The molecule has 0 aromatic heterocycles. The minimum absolute atomic E-state index is 0.0971. The molecule has 2 saturated heterocycles. The molecule has 29 heavy (non-hydrogen) atoms. The average molecular weight is 420 g/mol. The van der Waals surface area contributed by atoms with Crippen molar-refractivity contribution >= 4 is 0 Å². The van der Waals surface area contributed by atoms with Crippen molar-refractivity contribution in [3.05, 3.63) is 0 Å². The molecule has 0 saturated carbocycles. The second kappa shape index (κ2) is 10.3. The molecule has 2 rings (SSSR count). The predicted octanol–water partition coefficient (Wildman–Crippen LogP) is 3.05. The van der Waals surface area contributed by atoms with Crippen molar-refractivity contribution in [1.82, 2.24) is 14.7 Å². The minimum Gasteiger partial charge on any atom is -0.383 e. The Balaban J connectivity index is 1.95. The van der Waals surface area contributed by atoms with Crippen LogP contribution in [0.1, 0.15) is 40.5 Å². The van der Waals surface area contributed by atoms with Gasteiger partial charge in [-0.05, 0) is 38.6 Å². The summed E-state index contributed by atoms with van der Waals surface area (Å²) in [6, 6.07) is 0. The zero-order valence-electron chi connectivity index (χ0n) is 19.5. The molecule has 172 valence electrons. The van der Waals surface area contributed by atoms with Gasteiger partial charge in [0.25, 0.3) is 5.92 Å². The van der Waals surface area contributed by atoms with Gasteiger partial charge in [-0.15, -0.1) is 0 Å². The molecule has 0 spiro atoms. The number of piperazine rings is 1. The van der Waals surface area contributed by atoms with Crippen molar-refractivity contribution in [2.24, 2.45) is 11.3 Å². The van der Waals surface area contributed by atoms with Crippen LogP contribution in [0.15, 0.2) is 0 Å². The van der Waals surface area contributed by atoms with E-state index in [9.17, 15) is 0 Å². The number of nitrogens with zero attached hydrogens (tertiary/aromatic N) is 3. The third-order valence-corrected chi connectivity index (χ3v) is 6.96. The summed E-state index contributed by atoms with van der Waals surface area (Å²) in [5.41, 5.74) is -0.520. The van der Waals surface area contributed by atoms with E-state index in [0.717, 1.165) is 52.3 Å². The van der Waals surface area contributed by atoms with E-state index in [2.05, 4.69) is 23.6 Å². The Morgan fingerprint density at radius 2 is 1.41 bits per heavy atom. The van der Waals surface area contributed by atoms with E-state index in [4.69, 9.17) is 9.47 Å². The first kappa shape index (κ1) is 24.9. The van der Waals surface area contributed by atoms with E-state index in [1.165, 1.54) is 0 Å². The average Bonchev–Trinajstić information content (AvgIpc) is 2.63. The fourth-order valence-corrected chi connectivity index (χ4v) is 5.53. The van der Waals surface area contributed by atoms with Gasteiger partial charge in [0.15, 0.2) is 0 Å². The molecular formula is C22H43F2N3O2. The summed E-state index contributed by atoms with van der Waals surface area (Å²) in [5.74, 6) is -3.25. The number of methoxy groups -OCH3 is 2. The van der Waals surface area contributed by atoms with Crippen molar-refractivity contribution in [1.29, 1.82) is 0 Å². The first-order valence-electron chi connectivity index (χ1n) is 11.1. The first-order valence-corrected chi connectivity index (χ1v) is 11.1. The number of hydrogen-bond acceptors (Lipinski definition) is 5. The Morgan fingerprint density at radius 1 is 0.862 bits per heavy atom. The molecule has 5 nitrogen and oxygen atoms in total. The number of likely N-dealkylation sites (tertiary alicyclic amines) is 1. The molecule has 0 N–H and O–H groups in total. The lowest BCUT2D eigenvalue weighted by atomic mass is 9.66. The summed E-state index contributed by atoms with van der Waals surface area (Å²) in [7, 11) is 3.35. The Labute approximate surface area is 176 Å². The summed E-state index contributed by atoms with van der Waals surface area (Å²) in [4.78, 5) is 6.76. The summed E-state index contributed by atoms with van der Waals surface area (Å²) in [6.07, 6.45) is 1.32. The number of ether oxygens (including phenoxy) is 2. The number of halogens is 2. The number of rotatable bonds is 10. The topological polar surface area (TPSA) is 28.2 Å². The van der Waals surface area contributed by atoms with Crippen LogP contribution in [-0.2, 0) is 9.47 Å². The van der Waals surface area contributed by atoms with E-state index in [0.29, 0.717) is 19.6 Å². The van der Waals surface area contributed by atoms with Gasteiger partial charge in [0.05, 0.1) is 19.8 Å². The van der Waals surface area contributed by atoms with Gasteiger partial charge in [0, 0.05) is 64.9 Å². The molecular weight excluding hydrogens is 376 g/mol. The highest BCUT2D eigenvalue weighted by atomic mass is 19.3. The second-order valence-corrected chi connectivity index (χ2v) is 10.2. The monoisotopic (exact) mass is 419 g/mol. The molecule has 0 aromatic rings. The van der Waals surface area contributed by atoms with E-state index >= 15 is 8.78 Å². The highest BCUT2D eigenvalue weighted by Gasteiger charge is 2.52. The smallest absolute Gasteiger partial charge is 0.263 e. The van der Waals surface area contributed by atoms with E-state index in [1.807, 2.05) is 18.7 Å². The zero-order valence-corrected chi connectivity index (χ0v) is 19.5. The zero-order chi connectivity index (χ0) is 21.7. The first-order chi connectivity index (χ1) is 13.5. The molecule has 0 bridgehead atoms. The van der Waals surface area contributed by atoms with Crippen LogP contribution in [0.3, 0.4) is 0 Å². The molecule has 0 aliphatic carbocycles. The normalized spacial score (nSPS) is 25.4. The molecule has 2 aliphatic rings. The number of hydrogen-bond donors (Lipinski definition) is 0. The quantitative estimate of drug-likeness (QED) is 0.543. The van der Waals surface area contributed by atoms with Crippen molar-refractivity contribution in [3.63, 3.8) is 0 Å². The van der Waals surface area contributed by atoms with Gasteiger partial charge < -0.3 is 9.47 Å². The highest BCUT2D eigenvalue weighted by molar-refractivity contribution is 4.99. The maximum absolute atomic E-state index is 15.1. The largest absolute Gasteiger partial charge is 0.383 e. The lowest BCUT2D eigenvalue weighted by Crippen LogP contribution is -2.58. The maximum Gasteiger partial charge on any atom is 0.263 e. The molecule has 7 heteroatoms. The van der Waals surface area contributed by atoms with Crippen LogP contribution in [0.4, 0.5) is 8.78 Å². The van der Waals surface area contributed by atoms with Crippen LogP contribution < -0.4 is 0 Å². The molecule has 1 atom stereocenters. The van der Waals surface area contributed by atoms with Crippen LogP contribution in [0.25, 0.3) is 0 Å². The third-order valence-electron chi connectivity index (χ3n) is 6.96. The van der Waals surface area contributed by atoms with Crippen LogP contribution in [0.5, 0.6) is 0 Å². The van der Waals surface area contributed by atoms with Crippen LogP contribution in [0, 0.1) is 11.3 Å². The molecule has 2 aliphatic heterocycles.